The Hall–Kier alpha value is -3.18. The average molecular weight is 514 g/mol. The molecule has 0 N–H and O–H groups in total. The molecule has 37 heavy (non-hydrogen) atoms. The third-order valence-electron chi connectivity index (χ3n) is 8.37. The topological polar surface area (TPSA) is 37.4 Å². The molecule has 3 nitrogen and oxygen atoms in total. The minimum absolute atomic E-state index is 0.194. The van der Waals surface area contributed by atoms with Gasteiger partial charge in [-0.3, -0.25) is 0 Å². The molecular formula is C32H32FNO2S. The van der Waals surface area contributed by atoms with Crippen molar-refractivity contribution < 1.29 is 12.8 Å². The lowest BCUT2D eigenvalue weighted by Crippen LogP contribution is -2.39. The van der Waals surface area contributed by atoms with Crippen molar-refractivity contribution in [2.45, 2.75) is 56.7 Å². The van der Waals surface area contributed by atoms with Crippen molar-refractivity contribution in [1.29, 1.82) is 0 Å². The molecule has 0 amide bonds. The largest absolute Gasteiger partial charge is 0.370 e. The van der Waals surface area contributed by atoms with Crippen molar-refractivity contribution >= 4 is 9.84 Å². The van der Waals surface area contributed by atoms with Gasteiger partial charge in [0.15, 0.2) is 9.84 Å². The molecule has 1 heterocycles. The number of hydrogen-bond donors (Lipinski definition) is 0. The number of benzene rings is 3. The molecule has 0 fully saturated rings. The first-order chi connectivity index (χ1) is 17.9. The fourth-order valence-electron chi connectivity index (χ4n) is 6.46. The summed E-state index contributed by atoms with van der Waals surface area (Å²) in [4.78, 5) is 2.46. The van der Waals surface area contributed by atoms with E-state index in [1.165, 1.54) is 33.9 Å². The second-order valence-electron chi connectivity index (χ2n) is 10.7. The molecule has 3 aromatic rings. The summed E-state index contributed by atoms with van der Waals surface area (Å²) in [6.07, 6.45) is 8.55. The molecule has 3 aromatic carbocycles. The van der Waals surface area contributed by atoms with Gasteiger partial charge in [0.05, 0.1) is 16.7 Å². The van der Waals surface area contributed by atoms with Crippen LogP contribution in [0.4, 0.5) is 4.39 Å². The summed E-state index contributed by atoms with van der Waals surface area (Å²) in [5, 5.41) is -0.711. The van der Waals surface area contributed by atoms with E-state index in [2.05, 4.69) is 50.2 Å². The Morgan fingerprint density at radius 3 is 2.46 bits per heavy atom. The van der Waals surface area contributed by atoms with Gasteiger partial charge in [-0.05, 0) is 103 Å². The molecule has 0 saturated carbocycles. The van der Waals surface area contributed by atoms with Crippen LogP contribution in [0.3, 0.4) is 0 Å². The molecule has 0 spiro atoms. The molecule has 0 bridgehead atoms. The van der Waals surface area contributed by atoms with Crippen LogP contribution in [0.1, 0.15) is 54.0 Å². The Morgan fingerprint density at radius 2 is 1.65 bits per heavy atom. The van der Waals surface area contributed by atoms with Crippen molar-refractivity contribution in [3.05, 3.63) is 118 Å². The molecular weight excluding hydrogens is 481 g/mol. The first-order valence-electron chi connectivity index (χ1n) is 13.2. The zero-order valence-corrected chi connectivity index (χ0v) is 22.1. The molecule has 2 aliphatic carbocycles. The first-order valence-corrected chi connectivity index (χ1v) is 14.7. The van der Waals surface area contributed by atoms with E-state index in [4.69, 9.17) is 0 Å². The van der Waals surface area contributed by atoms with Crippen LogP contribution in [0.5, 0.6) is 0 Å². The molecule has 2 unspecified atom stereocenters. The van der Waals surface area contributed by atoms with Crippen LogP contribution in [0, 0.1) is 5.82 Å². The smallest absolute Gasteiger partial charge is 0.180 e. The minimum atomic E-state index is -3.68. The normalized spacial score (nSPS) is 20.8. The summed E-state index contributed by atoms with van der Waals surface area (Å²) >= 11 is 0. The summed E-state index contributed by atoms with van der Waals surface area (Å²) in [5.41, 5.74) is 7.81. The number of aryl methyl sites for hydroxylation is 1. The molecule has 6 rings (SSSR count). The Bertz CT molecular complexity index is 1540. The zero-order valence-electron chi connectivity index (χ0n) is 21.3. The summed E-state index contributed by atoms with van der Waals surface area (Å²) in [6.45, 7) is 4.46. The van der Waals surface area contributed by atoms with Crippen LogP contribution in [0.2, 0.25) is 0 Å². The SMILES string of the molecule is CC(C)N1C=CC=C(S(=O)(=O)C2CCc3c(ccc4c3CCc3ccccc3-4)C2c2ccccc2F)C1. The van der Waals surface area contributed by atoms with E-state index in [-0.39, 0.29) is 11.9 Å². The van der Waals surface area contributed by atoms with E-state index in [0.29, 0.717) is 29.9 Å². The van der Waals surface area contributed by atoms with Gasteiger partial charge in [-0.1, -0.05) is 54.6 Å². The van der Waals surface area contributed by atoms with E-state index >= 15 is 4.39 Å². The summed E-state index contributed by atoms with van der Waals surface area (Å²) in [7, 11) is -3.68. The third-order valence-corrected chi connectivity index (χ3v) is 10.7. The number of nitrogens with zero attached hydrogens (tertiary/aromatic N) is 1. The Labute approximate surface area is 219 Å². The van der Waals surface area contributed by atoms with E-state index in [1.54, 1.807) is 18.2 Å². The monoisotopic (exact) mass is 513 g/mol. The van der Waals surface area contributed by atoms with Crippen LogP contribution in [0.15, 0.2) is 83.9 Å². The molecule has 0 radical (unpaired) electrons. The Balaban J connectivity index is 1.49. The lowest BCUT2D eigenvalue weighted by molar-refractivity contribution is 0.335. The van der Waals surface area contributed by atoms with E-state index in [0.717, 1.165) is 18.4 Å². The van der Waals surface area contributed by atoms with Gasteiger partial charge in [-0.15, -0.1) is 0 Å². The fraction of sp³-hybridized carbons (Fsp3) is 0.312. The predicted molar refractivity (Wildman–Crippen MR) is 148 cm³/mol. The lowest BCUT2D eigenvalue weighted by Gasteiger charge is -2.38. The molecule has 5 heteroatoms. The van der Waals surface area contributed by atoms with E-state index < -0.39 is 21.0 Å². The standard InChI is InChI=1S/C32H32FNO2S/c1-21(2)34-19-7-9-23(20-34)37(35,36)31-18-17-27-26-14-13-22-8-3-4-10-24(22)25(26)15-16-28(27)32(31)29-11-5-6-12-30(29)33/h3-12,15-16,19,21,31-32H,13-14,17-18,20H2,1-2H3. The average Bonchev–Trinajstić information content (AvgIpc) is 2.92. The van der Waals surface area contributed by atoms with Crippen LogP contribution >= 0.6 is 0 Å². The highest BCUT2D eigenvalue weighted by atomic mass is 32.2. The van der Waals surface area contributed by atoms with Crippen LogP contribution in [-0.4, -0.2) is 31.2 Å². The van der Waals surface area contributed by atoms with Gasteiger partial charge in [0, 0.05) is 12.0 Å². The summed E-state index contributed by atoms with van der Waals surface area (Å²) < 4.78 is 43.8. The van der Waals surface area contributed by atoms with Crippen LogP contribution in [-0.2, 0) is 29.1 Å². The van der Waals surface area contributed by atoms with Gasteiger partial charge in [-0.25, -0.2) is 12.8 Å². The van der Waals surface area contributed by atoms with Gasteiger partial charge < -0.3 is 4.90 Å². The van der Waals surface area contributed by atoms with E-state index in [9.17, 15) is 8.42 Å². The molecule has 1 aliphatic heterocycles. The molecule has 3 aliphatic rings. The second kappa shape index (κ2) is 9.29. The molecule has 0 saturated heterocycles. The third kappa shape index (κ3) is 4.04. The highest BCUT2D eigenvalue weighted by Crippen LogP contribution is 2.47. The predicted octanol–water partition coefficient (Wildman–Crippen LogP) is 6.57. The second-order valence-corrected chi connectivity index (χ2v) is 12.9. The van der Waals surface area contributed by atoms with Crippen molar-refractivity contribution in [3.63, 3.8) is 0 Å². The van der Waals surface area contributed by atoms with Gasteiger partial charge in [0.25, 0.3) is 0 Å². The van der Waals surface area contributed by atoms with Crippen molar-refractivity contribution in [2.24, 2.45) is 0 Å². The highest BCUT2D eigenvalue weighted by molar-refractivity contribution is 7.95. The van der Waals surface area contributed by atoms with Gasteiger partial charge in [-0.2, -0.15) is 0 Å². The number of hydrogen-bond acceptors (Lipinski definition) is 3. The first kappa shape index (κ1) is 24.2. The summed E-state index contributed by atoms with van der Waals surface area (Å²) in [6, 6.07) is 19.6. The quantitative estimate of drug-likeness (QED) is 0.396. The minimum Gasteiger partial charge on any atom is -0.370 e. The zero-order chi connectivity index (χ0) is 25.7. The van der Waals surface area contributed by atoms with Gasteiger partial charge in [0.2, 0.25) is 0 Å². The highest BCUT2D eigenvalue weighted by Gasteiger charge is 2.43. The van der Waals surface area contributed by atoms with E-state index in [1.807, 2.05) is 23.2 Å². The Kier molecular flexibility index (Phi) is 6.07. The van der Waals surface area contributed by atoms with Crippen molar-refractivity contribution in [1.82, 2.24) is 4.90 Å². The summed E-state index contributed by atoms with van der Waals surface area (Å²) in [5.74, 6) is -0.887. The van der Waals surface area contributed by atoms with Crippen molar-refractivity contribution in [3.8, 4) is 11.1 Å². The number of rotatable bonds is 4. The van der Waals surface area contributed by atoms with Crippen LogP contribution in [0.25, 0.3) is 11.1 Å². The van der Waals surface area contributed by atoms with Crippen LogP contribution < -0.4 is 0 Å². The lowest BCUT2D eigenvalue weighted by atomic mass is 9.73. The maximum atomic E-state index is 15.3. The number of sulfone groups is 1. The van der Waals surface area contributed by atoms with Gasteiger partial charge in [0.1, 0.15) is 5.82 Å². The van der Waals surface area contributed by atoms with Gasteiger partial charge >= 0.3 is 0 Å². The fourth-order valence-corrected chi connectivity index (χ4v) is 8.53. The number of allylic oxidation sites excluding steroid dienone is 2. The number of halogens is 1. The molecule has 0 aromatic heterocycles. The number of fused-ring (bicyclic) bond motifs is 5. The van der Waals surface area contributed by atoms with Crippen molar-refractivity contribution in [2.75, 3.05) is 6.54 Å². The maximum Gasteiger partial charge on any atom is 0.180 e. The molecule has 190 valence electrons. The Morgan fingerprint density at radius 1 is 0.865 bits per heavy atom. The maximum absolute atomic E-state index is 15.3. The molecule has 2 atom stereocenters.